The average Bonchev–Trinajstić information content (AvgIpc) is 2.63. The van der Waals surface area contributed by atoms with Gasteiger partial charge in [-0.2, -0.15) is 0 Å². The number of methoxy groups -OCH3 is 1. The highest BCUT2D eigenvalue weighted by Crippen LogP contribution is 2.37. The molecule has 9 heteroatoms. The molecule has 1 aliphatic rings. The third-order valence-corrected chi connectivity index (χ3v) is 4.49. The minimum absolute atomic E-state index is 0.0367. The number of likely N-dealkylation sites (tertiary alicyclic amines) is 1. The van der Waals surface area contributed by atoms with Crippen molar-refractivity contribution in [2.75, 3.05) is 20.3 Å². The molecule has 1 amide bonds. The van der Waals surface area contributed by atoms with Gasteiger partial charge in [0.15, 0.2) is 11.6 Å². The number of hydrogen-bond donors (Lipinski definition) is 0. The molecule has 1 fully saturated rings. The van der Waals surface area contributed by atoms with Crippen molar-refractivity contribution < 1.29 is 37.0 Å². The van der Waals surface area contributed by atoms with Crippen LogP contribution in [0.4, 0.5) is 18.0 Å². The Labute approximate surface area is 154 Å². The highest BCUT2D eigenvalue weighted by atomic mass is 19.2. The lowest BCUT2D eigenvalue weighted by Crippen LogP contribution is -2.43. The minimum atomic E-state index is -1.35. The molecule has 1 aromatic rings. The Hall–Kier alpha value is -2.58. The van der Waals surface area contributed by atoms with E-state index in [9.17, 15) is 27.6 Å². The van der Waals surface area contributed by atoms with Crippen molar-refractivity contribution in [2.24, 2.45) is 5.92 Å². The summed E-state index contributed by atoms with van der Waals surface area (Å²) < 4.78 is 50.5. The van der Waals surface area contributed by atoms with E-state index in [0.29, 0.717) is 12.1 Å². The fourth-order valence-corrected chi connectivity index (χ4v) is 3.18. The van der Waals surface area contributed by atoms with E-state index in [1.54, 1.807) is 6.92 Å². The number of carbonyl (C=O) groups is 3. The largest absolute Gasteiger partial charge is 0.466 e. The van der Waals surface area contributed by atoms with Crippen molar-refractivity contribution in [2.45, 2.75) is 32.2 Å². The molecular weight excluding hydrogens is 367 g/mol. The zero-order valence-corrected chi connectivity index (χ0v) is 15.0. The first-order valence-corrected chi connectivity index (χ1v) is 8.45. The summed E-state index contributed by atoms with van der Waals surface area (Å²) in [7, 11) is 1.14. The fraction of sp³-hybridized carbons (Fsp3) is 0.500. The Morgan fingerprint density at radius 2 is 1.81 bits per heavy atom. The number of amides is 1. The standard InChI is InChI=1S/C18H20F3NO5/c1-3-27-17(24)9-16(23)10-4-5-22(18(25)26-2)15(6-10)11-7-13(20)14(21)8-12(11)19/h7-8,10,15H,3-6,9H2,1-2H3. The van der Waals surface area contributed by atoms with Gasteiger partial charge in [0.25, 0.3) is 0 Å². The van der Waals surface area contributed by atoms with Gasteiger partial charge in [0.1, 0.15) is 18.0 Å². The van der Waals surface area contributed by atoms with Crippen LogP contribution in [0.25, 0.3) is 0 Å². The van der Waals surface area contributed by atoms with Crippen LogP contribution in [0, 0.1) is 23.4 Å². The van der Waals surface area contributed by atoms with Crippen LogP contribution in [0.5, 0.6) is 0 Å². The van der Waals surface area contributed by atoms with Gasteiger partial charge < -0.3 is 14.4 Å². The Bertz CT molecular complexity index is 740. The van der Waals surface area contributed by atoms with Crippen molar-refractivity contribution in [3.05, 3.63) is 35.1 Å². The van der Waals surface area contributed by atoms with Gasteiger partial charge in [0, 0.05) is 24.1 Å². The maximum absolute atomic E-state index is 14.2. The van der Waals surface area contributed by atoms with Gasteiger partial charge in [-0.1, -0.05) is 0 Å². The van der Waals surface area contributed by atoms with Crippen molar-refractivity contribution in [1.29, 1.82) is 0 Å². The molecule has 0 radical (unpaired) electrons. The molecule has 0 N–H and O–H groups in total. The monoisotopic (exact) mass is 387 g/mol. The van der Waals surface area contributed by atoms with Gasteiger partial charge in [0.05, 0.1) is 19.8 Å². The lowest BCUT2D eigenvalue weighted by atomic mass is 9.83. The Balaban J connectivity index is 2.28. The average molecular weight is 387 g/mol. The predicted octanol–water partition coefficient (Wildman–Crippen LogP) is 3.15. The molecule has 0 saturated carbocycles. The quantitative estimate of drug-likeness (QED) is 0.441. The molecule has 148 valence electrons. The lowest BCUT2D eigenvalue weighted by molar-refractivity contribution is -0.146. The van der Waals surface area contributed by atoms with Crippen molar-refractivity contribution >= 4 is 17.8 Å². The number of ether oxygens (including phenoxy) is 2. The topological polar surface area (TPSA) is 72.9 Å². The van der Waals surface area contributed by atoms with Crippen LogP contribution < -0.4 is 0 Å². The number of nitrogens with zero attached hydrogens (tertiary/aromatic N) is 1. The summed E-state index contributed by atoms with van der Waals surface area (Å²) in [6.07, 6.45) is -1.03. The van der Waals surface area contributed by atoms with E-state index in [4.69, 9.17) is 4.74 Å². The van der Waals surface area contributed by atoms with Crippen LogP contribution >= 0.6 is 0 Å². The number of ketones is 1. The highest BCUT2D eigenvalue weighted by molar-refractivity contribution is 5.97. The number of Topliss-reactive ketones (excluding diaryl/α,β-unsaturated/α-hetero) is 1. The number of carbonyl (C=O) groups excluding carboxylic acids is 3. The van der Waals surface area contributed by atoms with E-state index < -0.39 is 53.7 Å². The maximum atomic E-state index is 14.2. The zero-order chi connectivity index (χ0) is 20.1. The summed E-state index contributed by atoms with van der Waals surface area (Å²) in [5, 5.41) is 0. The first kappa shape index (κ1) is 20.7. The number of benzene rings is 1. The molecule has 6 nitrogen and oxygen atoms in total. The second-order valence-corrected chi connectivity index (χ2v) is 6.14. The summed E-state index contributed by atoms with van der Waals surface area (Å²) in [4.78, 5) is 37.0. The molecular formula is C18H20F3NO5. The molecule has 0 aromatic heterocycles. The van der Waals surface area contributed by atoms with Gasteiger partial charge in [0.2, 0.25) is 0 Å². The van der Waals surface area contributed by atoms with Crippen LogP contribution in [0.15, 0.2) is 12.1 Å². The molecule has 2 atom stereocenters. The van der Waals surface area contributed by atoms with E-state index in [2.05, 4.69) is 4.74 Å². The molecule has 1 heterocycles. The second-order valence-electron chi connectivity index (χ2n) is 6.14. The summed E-state index contributed by atoms with van der Waals surface area (Å²) in [6.45, 7) is 1.78. The van der Waals surface area contributed by atoms with Crippen LogP contribution in [0.1, 0.15) is 37.8 Å². The van der Waals surface area contributed by atoms with Gasteiger partial charge in [-0.3, -0.25) is 9.59 Å². The van der Waals surface area contributed by atoms with Gasteiger partial charge in [-0.15, -0.1) is 0 Å². The van der Waals surface area contributed by atoms with Gasteiger partial charge in [-0.05, 0) is 25.8 Å². The molecule has 2 unspecified atom stereocenters. The van der Waals surface area contributed by atoms with E-state index >= 15 is 0 Å². The van der Waals surface area contributed by atoms with Crippen LogP contribution in [0.3, 0.4) is 0 Å². The molecule has 0 bridgehead atoms. The number of halogens is 3. The summed E-state index contributed by atoms with van der Waals surface area (Å²) >= 11 is 0. The predicted molar refractivity (Wildman–Crippen MR) is 87.1 cm³/mol. The van der Waals surface area contributed by atoms with Gasteiger partial charge >= 0.3 is 12.1 Å². The Morgan fingerprint density at radius 1 is 1.15 bits per heavy atom. The number of hydrogen-bond acceptors (Lipinski definition) is 5. The number of piperidine rings is 1. The summed E-state index contributed by atoms with van der Waals surface area (Å²) in [5.74, 6) is -5.40. The molecule has 2 rings (SSSR count). The van der Waals surface area contributed by atoms with E-state index in [1.807, 2.05) is 0 Å². The first-order valence-electron chi connectivity index (χ1n) is 8.45. The molecule has 1 aliphatic heterocycles. The first-order chi connectivity index (χ1) is 12.8. The van der Waals surface area contributed by atoms with Crippen molar-refractivity contribution in [3.63, 3.8) is 0 Å². The number of esters is 1. The third-order valence-electron chi connectivity index (χ3n) is 4.49. The fourth-order valence-electron chi connectivity index (χ4n) is 3.18. The van der Waals surface area contributed by atoms with E-state index in [-0.39, 0.29) is 31.6 Å². The van der Waals surface area contributed by atoms with E-state index in [1.165, 1.54) is 0 Å². The lowest BCUT2D eigenvalue weighted by Gasteiger charge is -2.38. The Kier molecular flexibility index (Phi) is 6.81. The van der Waals surface area contributed by atoms with Gasteiger partial charge in [-0.25, -0.2) is 18.0 Å². The van der Waals surface area contributed by atoms with Crippen LogP contribution in [-0.2, 0) is 19.1 Å². The summed E-state index contributed by atoms with van der Waals surface area (Å²) in [6, 6.07) is 0.0330. The summed E-state index contributed by atoms with van der Waals surface area (Å²) in [5.41, 5.74) is -0.257. The molecule has 0 aliphatic carbocycles. The SMILES string of the molecule is CCOC(=O)CC(=O)C1CCN(C(=O)OC)C(c2cc(F)c(F)cc2F)C1. The smallest absolute Gasteiger partial charge is 0.409 e. The number of rotatable bonds is 5. The van der Waals surface area contributed by atoms with Crippen molar-refractivity contribution in [3.8, 4) is 0 Å². The maximum Gasteiger partial charge on any atom is 0.409 e. The third kappa shape index (κ3) is 4.78. The highest BCUT2D eigenvalue weighted by Gasteiger charge is 2.38. The molecule has 1 aromatic carbocycles. The minimum Gasteiger partial charge on any atom is -0.466 e. The van der Waals surface area contributed by atoms with Crippen LogP contribution in [-0.4, -0.2) is 43.0 Å². The second kappa shape index (κ2) is 8.88. The molecule has 0 spiro atoms. The molecule has 27 heavy (non-hydrogen) atoms. The molecule has 1 saturated heterocycles. The zero-order valence-electron chi connectivity index (χ0n) is 15.0. The van der Waals surface area contributed by atoms with Crippen molar-refractivity contribution in [1.82, 2.24) is 4.90 Å². The normalized spacial score (nSPS) is 19.5. The van der Waals surface area contributed by atoms with E-state index in [0.717, 1.165) is 12.0 Å². The Morgan fingerprint density at radius 3 is 2.44 bits per heavy atom. The van der Waals surface area contributed by atoms with Crippen LogP contribution in [0.2, 0.25) is 0 Å².